The lowest BCUT2D eigenvalue weighted by atomic mass is 9.82. The van der Waals surface area contributed by atoms with Gasteiger partial charge in [-0.05, 0) is 33.1 Å². The number of hydrogen-bond donors (Lipinski definition) is 11. The molecule has 3 aliphatic heterocycles. The summed E-state index contributed by atoms with van der Waals surface area (Å²) in [6.45, 7) is 8.46. The Morgan fingerprint density at radius 3 is 1.77 bits per heavy atom. The summed E-state index contributed by atoms with van der Waals surface area (Å²) in [5, 5.41) is 118. The van der Waals surface area contributed by atoms with E-state index in [-0.39, 0.29) is 31.6 Å². The zero-order valence-corrected chi connectivity index (χ0v) is 38.0. The van der Waals surface area contributed by atoms with E-state index in [1.807, 2.05) is 37.3 Å². The molecule has 19 atom stereocenters. The number of carbonyl (C=O) groups excluding carboxylic acids is 1. The topological polar surface area (TPSA) is 294 Å². The highest BCUT2D eigenvalue weighted by Crippen LogP contribution is 2.38. The van der Waals surface area contributed by atoms with Crippen LogP contribution in [-0.2, 0) is 28.5 Å². The zero-order valence-electron chi connectivity index (χ0n) is 38.0. The van der Waals surface area contributed by atoms with Crippen molar-refractivity contribution in [3.05, 3.63) is 85.1 Å². The van der Waals surface area contributed by atoms with E-state index >= 15 is 0 Å². The minimum Gasteiger partial charge on any atom is -0.481 e. The third-order valence-electron chi connectivity index (χ3n) is 12.3. The second kappa shape index (κ2) is 27.4. The van der Waals surface area contributed by atoms with Gasteiger partial charge in [-0.15, -0.1) is 0 Å². The Kier molecular flexibility index (Phi) is 23.6. The molecule has 65 heavy (non-hydrogen) atoms. The SMILES string of the molecule is C[C@@H]1[C@H](O)[C@H](O[C@H]2/C=C/C=C/C=C/C=C/C=C/C=C/C=C/[C@H](C)[C@@H](O)[C@@H](C)[C@H](C)OC(=O)C[C@H](O)C[C@H](O)CC[C@@H](O)[C@H](O)C[C@H](O)C[C@]3(O)C[C@H](O)[C@@H](C(=O)O)[C@H](C2)O3)O[C@H](C)[C@H]1O. The normalized spacial score (nSPS) is 45.5. The number of carbonyl (C=O) groups is 2. The van der Waals surface area contributed by atoms with Crippen LogP contribution in [0.3, 0.4) is 0 Å². The van der Waals surface area contributed by atoms with E-state index in [4.69, 9.17) is 18.9 Å². The molecule has 0 amide bonds. The number of hydrogen-bond acceptors (Lipinski definition) is 16. The maximum absolute atomic E-state index is 12.6. The standard InChI is InChI=1S/C48H74O17/c1-28-18-16-14-12-10-8-6-7-9-11-13-15-17-19-36(64-47-45(58)30(3)44(57)32(5)63-47)25-40-42(46(59)60)39(54)27-48(61,65-40)26-35(51)23-38(53)37(52)21-20-33(49)22-34(50)24-41(55)62-31(4)29(2)43(28)56/h6-19,28-40,42-45,47,49-54,56-58,61H,20-27H2,1-5H3,(H,59,60)/b7-6+,10-8+,11-9+,14-12+,15-13+,18-16+,19-17+/t28-,29-,30-,31-,32+,33+,34+,35-,36-,37+,38+,39-,40-,42+,43+,44-,45-,47-,48+/m0/s1. The van der Waals surface area contributed by atoms with E-state index in [1.54, 1.807) is 82.4 Å². The number of allylic oxidation sites excluding steroid dienone is 12. The molecule has 17 heteroatoms. The second-order valence-electron chi connectivity index (χ2n) is 17.8. The van der Waals surface area contributed by atoms with Crippen LogP contribution in [0.25, 0.3) is 0 Å². The van der Waals surface area contributed by atoms with Crippen LogP contribution in [0.1, 0.15) is 86.0 Å². The summed E-state index contributed by atoms with van der Waals surface area (Å²) < 4.78 is 23.3. The summed E-state index contributed by atoms with van der Waals surface area (Å²) >= 11 is 0. The molecule has 11 N–H and O–H groups in total. The van der Waals surface area contributed by atoms with Crippen LogP contribution in [0.2, 0.25) is 0 Å². The van der Waals surface area contributed by atoms with Gasteiger partial charge in [0, 0.05) is 43.4 Å². The monoisotopic (exact) mass is 922 g/mol. The van der Waals surface area contributed by atoms with E-state index in [0.29, 0.717) is 0 Å². The van der Waals surface area contributed by atoms with Crippen LogP contribution in [0.5, 0.6) is 0 Å². The average molecular weight is 923 g/mol. The largest absolute Gasteiger partial charge is 0.481 e. The van der Waals surface area contributed by atoms with E-state index in [2.05, 4.69) is 0 Å². The molecule has 3 rings (SSSR count). The summed E-state index contributed by atoms with van der Waals surface area (Å²) in [4.78, 5) is 25.1. The number of aliphatic hydroxyl groups excluding tert-OH is 9. The van der Waals surface area contributed by atoms with Crippen LogP contribution < -0.4 is 0 Å². The maximum atomic E-state index is 12.6. The highest BCUT2D eigenvalue weighted by atomic mass is 16.7. The first-order valence-corrected chi connectivity index (χ1v) is 22.6. The molecule has 0 saturated carbocycles. The fourth-order valence-corrected chi connectivity index (χ4v) is 8.15. The lowest BCUT2D eigenvalue weighted by Gasteiger charge is -2.45. The van der Waals surface area contributed by atoms with Crippen molar-refractivity contribution < 1.29 is 84.7 Å². The number of carboxylic acids is 1. The van der Waals surface area contributed by atoms with Gasteiger partial charge in [-0.1, -0.05) is 106 Å². The fourth-order valence-electron chi connectivity index (χ4n) is 8.15. The van der Waals surface area contributed by atoms with Crippen molar-refractivity contribution >= 4 is 11.9 Å². The number of rotatable bonds is 3. The van der Waals surface area contributed by atoms with Gasteiger partial charge in [0.2, 0.25) is 0 Å². The molecule has 0 unspecified atom stereocenters. The number of aliphatic hydroxyl groups is 10. The zero-order chi connectivity index (χ0) is 48.4. The first kappa shape index (κ1) is 55.9. The van der Waals surface area contributed by atoms with Gasteiger partial charge in [-0.2, -0.15) is 0 Å². The number of cyclic esters (lactones) is 1. The molecule has 3 heterocycles. The predicted octanol–water partition coefficient (Wildman–Crippen LogP) is 2.02. The van der Waals surface area contributed by atoms with Crippen molar-refractivity contribution in [1.29, 1.82) is 0 Å². The molecule has 0 aliphatic carbocycles. The Morgan fingerprint density at radius 2 is 1.18 bits per heavy atom. The molecule has 0 aromatic carbocycles. The van der Waals surface area contributed by atoms with Gasteiger partial charge in [-0.3, -0.25) is 9.59 Å². The highest BCUT2D eigenvalue weighted by molar-refractivity contribution is 5.71. The minimum absolute atomic E-state index is 0.100. The van der Waals surface area contributed by atoms with Gasteiger partial charge in [0.15, 0.2) is 12.1 Å². The molecule has 3 aliphatic rings. The highest BCUT2D eigenvalue weighted by Gasteiger charge is 2.51. The van der Waals surface area contributed by atoms with Crippen molar-refractivity contribution in [2.75, 3.05) is 0 Å². The molecular weight excluding hydrogens is 849 g/mol. The van der Waals surface area contributed by atoms with Gasteiger partial charge in [0.05, 0.1) is 73.6 Å². The molecule has 2 bridgehead atoms. The van der Waals surface area contributed by atoms with E-state index < -0.39 is 147 Å². The third kappa shape index (κ3) is 18.7. The molecule has 2 fully saturated rings. The summed E-state index contributed by atoms with van der Waals surface area (Å²) in [6, 6.07) is 0. The Morgan fingerprint density at radius 1 is 0.615 bits per heavy atom. The lowest BCUT2D eigenvalue weighted by Crippen LogP contribution is -2.57. The van der Waals surface area contributed by atoms with Crippen LogP contribution in [-0.4, -0.2) is 160 Å². The second-order valence-corrected chi connectivity index (χ2v) is 17.8. The number of fused-ring (bicyclic) bond motifs is 2. The van der Waals surface area contributed by atoms with Crippen molar-refractivity contribution in [3.8, 4) is 0 Å². The average Bonchev–Trinajstić information content (AvgIpc) is 3.21. The minimum atomic E-state index is -2.31. The van der Waals surface area contributed by atoms with Gasteiger partial charge in [0.1, 0.15) is 18.1 Å². The fraction of sp³-hybridized carbons (Fsp3) is 0.667. The van der Waals surface area contributed by atoms with Crippen molar-refractivity contribution in [2.24, 2.45) is 23.7 Å². The van der Waals surface area contributed by atoms with Crippen LogP contribution in [0.4, 0.5) is 0 Å². The van der Waals surface area contributed by atoms with Gasteiger partial charge < -0.3 is 75.1 Å². The van der Waals surface area contributed by atoms with Gasteiger partial charge in [-0.25, -0.2) is 0 Å². The molecule has 17 nitrogen and oxygen atoms in total. The molecule has 0 radical (unpaired) electrons. The first-order chi connectivity index (χ1) is 30.6. The van der Waals surface area contributed by atoms with E-state index in [9.17, 15) is 65.8 Å². The van der Waals surface area contributed by atoms with Crippen LogP contribution in [0.15, 0.2) is 85.1 Å². The number of carboxylic acid groups (broad SMARTS) is 1. The smallest absolute Gasteiger partial charge is 0.311 e. The van der Waals surface area contributed by atoms with Gasteiger partial charge in [0.25, 0.3) is 0 Å². The molecular formula is C48H74O17. The van der Waals surface area contributed by atoms with E-state index in [1.165, 1.54) is 0 Å². The van der Waals surface area contributed by atoms with E-state index in [0.717, 1.165) is 0 Å². The van der Waals surface area contributed by atoms with Crippen molar-refractivity contribution in [3.63, 3.8) is 0 Å². The maximum Gasteiger partial charge on any atom is 0.311 e. The van der Waals surface area contributed by atoms with Crippen molar-refractivity contribution in [2.45, 2.75) is 177 Å². The number of ether oxygens (including phenoxy) is 4. The Bertz CT molecular complexity index is 1660. The quantitative estimate of drug-likeness (QED) is 0.181. The first-order valence-electron chi connectivity index (χ1n) is 22.6. The summed E-state index contributed by atoms with van der Waals surface area (Å²) in [5.41, 5.74) is 0. The van der Waals surface area contributed by atoms with Crippen LogP contribution in [0, 0.1) is 23.7 Å². The summed E-state index contributed by atoms with van der Waals surface area (Å²) in [5.74, 6) is -7.40. The molecule has 0 spiro atoms. The number of esters is 1. The summed E-state index contributed by atoms with van der Waals surface area (Å²) in [7, 11) is 0. The molecule has 368 valence electrons. The molecule has 0 aromatic heterocycles. The number of aliphatic carboxylic acids is 1. The Labute approximate surface area is 382 Å². The van der Waals surface area contributed by atoms with Crippen molar-refractivity contribution in [1.82, 2.24) is 0 Å². The Hall–Kier alpha value is -3.40. The molecule has 0 aromatic rings. The predicted molar refractivity (Wildman–Crippen MR) is 238 cm³/mol. The Balaban J connectivity index is 1.86. The molecule has 2 saturated heterocycles. The van der Waals surface area contributed by atoms with Crippen LogP contribution >= 0.6 is 0 Å². The van der Waals surface area contributed by atoms with Gasteiger partial charge >= 0.3 is 11.9 Å². The third-order valence-corrected chi connectivity index (χ3v) is 12.3. The lowest BCUT2D eigenvalue weighted by molar-refractivity contribution is -0.311. The summed E-state index contributed by atoms with van der Waals surface area (Å²) in [6.07, 6.45) is 4.63.